The van der Waals surface area contributed by atoms with Crippen molar-refractivity contribution in [2.45, 2.75) is 26.0 Å². The molecule has 0 bridgehead atoms. The summed E-state index contributed by atoms with van der Waals surface area (Å²) in [5.74, 6) is -4.90. The van der Waals surface area contributed by atoms with Gasteiger partial charge in [-0.15, -0.1) is 0 Å². The molecule has 0 fully saturated rings. The molecule has 7 heteroatoms. The molecule has 0 aliphatic carbocycles. The van der Waals surface area contributed by atoms with Crippen molar-refractivity contribution in [2.24, 2.45) is 0 Å². The number of aliphatic hydroxyl groups excluding tert-OH is 1. The van der Waals surface area contributed by atoms with Crippen molar-refractivity contribution in [1.82, 2.24) is 5.32 Å². The highest BCUT2D eigenvalue weighted by atomic mass is 19.1. The average molecular weight is 273 g/mol. The summed E-state index contributed by atoms with van der Waals surface area (Å²) in [5.41, 5.74) is -0.817. The minimum atomic E-state index is -1.65. The Morgan fingerprint density at radius 1 is 1.32 bits per heavy atom. The predicted octanol–water partition coefficient (Wildman–Crippen LogP) is 0.837. The third-order valence-electron chi connectivity index (χ3n) is 2.55. The van der Waals surface area contributed by atoms with Crippen LogP contribution in [0, 0.1) is 18.6 Å². The van der Waals surface area contributed by atoms with Gasteiger partial charge in [0.15, 0.2) is 6.04 Å². The maximum Gasteiger partial charge on any atom is 0.328 e. The van der Waals surface area contributed by atoms with Gasteiger partial charge in [-0.25, -0.2) is 13.6 Å². The van der Waals surface area contributed by atoms with Gasteiger partial charge in [-0.3, -0.25) is 4.79 Å². The van der Waals surface area contributed by atoms with E-state index in [1.54, 1.807) is 0 Å². The number of carbonyl (C=O) groups is 2. The van der Waals surface area contributed by atoms with Gasteiger partial charge in [-0.2, -0.15) is 0 Å². The molecule has 1 amide bonds. The van der Waals surface area contributed by atoms with Gasteiger partial charge in [0.1, 0.15) is 17.2 Å². The molecule has 0 aliphatic rings. The van der Waals surface area contributed by atoms with E-state index in [-0.39, 0.29) is 5.56 Å². The number of nitrogens with one attached hydrogen (secondary N) is 1. The van der Waals surface area contributed by atoms with Gasteiger partial charge < -0.3 is 15.5 Å². The van der Waals surface area contributed by atoms with Crippen LogP contribution in [-0.2, 0) is 4.79 Å². The molecule has 0 saturated carbocycles. The number of carboxylic acids is 1. The fourth-order valence-corrected chi connectivity index (χ4v) is 1.47. The number of halogens is 2. The zero-order valence-corrected chi connectivity index (χ0v) is 10.3. The van der Waals surface area contributed by atoms with Crippen molar-refractivity contribution in [1.29, 1.82) is 0 Å². The number of hydrogen-bond donors (Lipinski definition) is 3. The predicted molar refractivity (Wildman–Crippen MR) is 61.7 cm³/mol. The first-order chi connectivity index (χ1) is 8.75. The monoisotopic (exact) mass is 273 g/mol. The van der Waals surface area contributed by atoms with Crippen LogP contribution in [0.2, 0.25) is 0 Å². The Labute approximate surface area is 107 Å². The number of aliphatic hydroxyl groups is 1. The minimum absolute atomic E-state index is 0.0514. The first-order valence-electron chi connectivity index (χ1n) is 5.42. The summed E-state index contributed by atoms with van der Waals surface area (Å²) in [7, 11) is 0. The Balaban J connectivity index is 3.08. The number of rotatable bonds is 4. The molecule has 0 radical (unpaired) electrons. The van der Waals surface area contributed by atoms with E-state index in [0.717, 1.165) is 19.1 Å². The lowest BCUT2D eigenvalue weighted by Crippen LogP contribution is -2.48. The summed E-state index contributed by atoms with van der Waals surface area (Å²) >= 11 is 0. The molecule has 2 atom stereocenters. The molecule has 0 spiro atoms. The second-order valence-electron chi connectivity index (χ2n) is 4.08. The van der Waals surface area contributed by atoms with Crippen LogP contribution in [0.1, 0.15) is 22.8 Å². The van der Waals surface area contributed by atoms with Gasteiger partial charge in [0.05, 0.1) is 6.10 Å². The van der Waals surface area contributed by atoms with E-state index in [1.807, 2.05) is 5.32 Å². The standard InChI is InChI=1S/C12H13F2NO4/c1-5-3-4-7(13)8(9(5)14)11(17)15-10(6(2)16)12(18)19/h3-4,6,10,16H,1-2H3,(H,15,17)(H,18,19)/t6-,10+/m1/s1. The molecule has 1 aromatic rings. The van der Waals surface area contributed by atoms with Crippen molar-refractivity contribution >= 4 is 11.9 Å². The molecular formula is C12H13F2NO4. The molecule has 3 N–H and O–H groups in total. The smallest absolute Gasteiger partial charge is 0.328 e. The Hall–Kier alpha value is -2.02. The Kier molecular flexibility index (Phi) is 4.55. The molecule has 104 valence electrons. The van der Waals surface area contributed by atoms with Gasteiger partial charge in [0.25, 0.3) is 5.91 Å². The van der Waals surface area contributed by atoms with Gasteiger partial charge in [0.2, 0.25) is 0 Å². The SMILES string of the molecule is Cc1ccc(F)c(C(=O)N[C@H](C(=O)O)[C@@H](C)O)c1F. The third kappa shape index (κ3) is 3.25. The van der Waals surface area contributed by atoms with E-state index in [0.29, 0.717) is 0 Å². The molecule has 0 aromatic heterocycles. The summed E-state index contributed by atoms with van der Waals surface area (Å²) in [6.07, 6.45) is -1.41. The second-order valence-corrected chi connectivity index (χ2v) is 4.08. The molecule has 0 aliphatic heterocycles. The van der Waals surface area contributed by atoms with Crippen LogP contribution in [0.3, 0.4) is 0 Å². The van der Waals surface area contributed by atoms with E-state index < -0.39 is 41.2 Å². The molecule has 0 heterocycles. The van der Waals surface area contributed by atoms with Crippen LogP contribution >= 0.6 is 0 Å². The van der Waals surface area contributed by atoms with Gasteiger partial charge in [0, 0.05) is 0 Å². The van der Waals surface area contributed by atoms with E-state index in [9.17, 15) is 23.5 Å². The summed E-state index contributed by atoms with van der Waals surface area (Å²) in [6, 6.07) is 0.419. The average Bonchev–Trinajstić information content (AvgIpc) is 2.30. The number of aliphatic carboxylic acids is 1. The normalized spacial score (nSPS) is 13.7. The number of amides is 1. The van der Waals surface area contributed by atoms with Gasteiger partial charge in [-0.1, -0.05) is 6.07 Å². The van der Waals surface area contributed by atoms with Crippen molar-refractivity contribution in [3.63, 3.8) is 0 Å². The Bertz CT molecular complexity index is 517. The molecule has 0 saturated heterocycles. The zero-order valence-electron chi connectivity index (χ0n) is 10.3. The van der Waals surface area contributed by atoms with Crippen LogP contribution < -0.4 is 5.32 Å². The summed E-state index contributed by atoms with van der Waals surface area (Å²) in [6.45, 7) is 2.48. The highest BCUT2D eigenvalue weighted by molar-refractivity contribution is 5.97. The van der Waals surface area contributed by atoms with E-state index in [2.05, 4.69) is 0 Å². The van der Waals surface area contributed by atoms with Crippen LogP contribution in [0.5, 0.6) is 0 Å². The number of carbonyl (C=O) groups excluding carboxylic acids is 1. The Morgan fingerprint density at radius 2 is 1.89 bits per heavy atom. The fourth-order valence-electron chi connectivity index (χ4n) is 1.47. The lowest BCUT2D eigenvalue weighted by Gasteiger charge is -2.17. The van der Waals surface area contributed by atoms with Crippen LogP contribution in [0.25, 0.3) is 0 Å². The largest absolute Gasteiger partial charge is 0.480 e. The van der Waals surface area contributed by atoms with Crippen molar-refractivity contribution in [2.75, 3.05) is 0 Å². The second kappa shape index (κ2) is 5.75. The van der Waals surface area contributed by atoms with Crippen molar-refractivity contribution in [3.8, 4) is 0 Å². The van der Waals surface area contributed by atoms with E-state index >= 15 is 0 Å². The Morgan fingerprint density at radius 3 is 2.37 bits per heavy atom. The lowest BCUT2D eigenvalue weighted by molar-refractivity contribution is -0.141. The number of aryl methyl sites for hydroxylation is 1. The topological polar surface area (TPSA) is 86.6 Å². The number of benzene rings is 1. The van der Waals surface area contributed by atoms with Crippen LogP contribution in [0.15, 0.2) is 12.1 Å². The van der Waals surface area contributed by atoms with E-state index in [1.165, 1.54) is 6.92 Å². The summed E-state index contributed by atoms with van der Waals surface area (Å²) < 4.78 is 27.1. The lowest BCUT2D eigenvalue weighted by atomic mass is 10.1. The first kappa shape index (κ1) is 15.0. The summed E-state index contributed by atoms with van der Waals surface area (Å²) in [5, 5.41) is 19.8. The molecule has 1 rings (SSSR count). The minimum Gasteiger partial charge on any atom is -0.480 e. The molecule has 5 nitrogen and oxygen atoms in total. The molecule has 0 unspecified atom stereocenters. The first-order valence-corrected chi connectivity index (χ1v) is 5.42. The molecule has 1 aromatic carbocycles. The maximum absolute atomic E-state index is 13.7. The van der Waals surface area contributed by atoms with Gasteiger partial charge in [-0.05, 0) is 25.5 Å². The quantitative estimate of drug-likeness (QED) is 0.758. The molecular weight excluding hydrogens is 260 g/mol. The van der Waals surface area contributed by atoms with Gasteiger partial charge >= 0.3 is 5.97 Å². The molecule has 19 heavy (non-hydrogen) atoms. The maximum atomic E-state index is 13.7. The fraction of sp³-hybridized carbons (Fsp3) is 0.333. The highest BCUT2D eigenvalue weighted by Crippen LogP contribution is 2.16. The third-order valence-corrected chi connectivity index (χ3v) is 2.55. The number of carboxylic acid groups (broad SMARTS) is 1. The van der Waals surface area contributed by atoms with Crippen molar-refractivity contribution < 1.29 is 28.6 Å². The van der Waals surface area contributed by atoms with Crippen LogP contribution in [-0.4, -0.2) is 34.2 Å². The zero-order chi connectivity index (χ0) is 14.7. The van der Waals surface area contributed by atoms with Crippen molar-refractivity contribution in [3.05, 3.63) is 34.9 Å². The highest BCUT2D eigenvalue weighted by Gasteiger charge is 2.28. The van der Waals surface area contributed by atoms with Crippen LogP contribution in [0.4, 0.5) is 8.78 Å². The summed E-state index contributed by atoms with van der Waals surface area (Å²) in [4.78, 5) is 22.5. The van der Waals surface area contributed by atoms with E-state index in [4.69, 9.17) is 5.11 Å². The number of hydrogen-bond acceptors (Lipinski definition) is 3.